The van der Waals surface area contributed by atoms with Crippen LogP contribution in [0.3, 0.4) is 0 Å². The summed E-state index contributed by atoms with van der Waals surface area (Å²) in [5.74, 6) is -0.499. The highest BCUT2D eigenvalue weighted by atomic mass is 79.9. The smallest absolute Gasteiger partial charge is 0.312 e. The Morgan fingerprint density at radius 2 is 1.87 bits per heavy atom. The van der Waals surface area contributed by atoms with Crippen LogP contribution in [-0.4, -0.2) is 21.2 Å². The van der Waals surface area contributed by atoms with Crippen molar-refractivity contribution in [3.63, 3.8) is 0 Å². The van der Waals surface area contributed by atoms with E-state index in [1.807, 2.05) is 0 Å². The van der Waals surface area contributed by atoms with Crippen LogP contribution in [0.4, 0.5) is 17.1 Å². The Morgan fingerprint density at radius 1 is 1.17 bits per heavy atom. The van der Waals surface area contributed by atoms with E-state index in [9.17, 15) is 25.3 Å². The third-order valence-electron chi connectivity index (χ3n) is 3.01. The molecule has 0 unspecified atom stereocenters. The number of hydrogen-bond acceptors (Lipinski definition) is 6. The number of nitro groups is 2. The van der Waals surface area contributed by atoms with Gasteiger partial charge >= 0.3 is 5.69 Å². The highest BCUT2D eigenvalue weighted by Gasteiger charge is 2.17. The van der Waals surface area contributed by atoms with E-state index in [2.05, 4.69) is 20.9 Å². The number of halogens is 1. The van der Waals surface area contributed by atoms with Crippen molar-refractivity contribution in [2.24, 2.45) is 4.99 Å². The van der Waals surface area contributed by atoms with Crippen molar-refractivity contribution in [1.29, 1.82) is 0 Å². The molecule has 0 fully saturated rings. The molecule has 0 saturated heterocycles. The van der Waals surface area contributed by atoms with Gasteiger partial charge < -0.3 is 5.11 Å². The number of nitrogens with zero attached hydrogens (tertiary/aromatic N) is 3. The molecule has 0 spiro atoms. The largest absolute Gasteiger partial charge is 0.502 e. The number of non-ortho nitro benzene ring substituents is 1. The molecule has 0 amide bonds. The van der Waals surface area contributed by atoms with E-state index in [-0.39, 0.29) is 11.3 Å². The fourth-order valence-corrected chi connectivity index (χ4v) is 2.34. The minimum Gasteiger partial charge on any atom is -0.502 e. The molecule has 2 aromatic rings. The van der Waals surface area contributed by atoms with Gasteiger partial charge in [0.2, 0.25) is 5.75 Å². The molecule has 0 aliphatic carbocycles. The van der Waals surface area contributed by atoms with Gasteiger partial charge in [-0.15, -0.1) is 0 Å². The van der Waals surface area contributed by atoms with Gasteiger partial charge in [0.1, 0.15) is 0 Å². The molecular formula is C14H10BrN3O5. The van der Waals surface area contributed by atoms with Gasteiger partial charge in [0, 0.05) is 34.4 Å². The van der Waals surface area contributed by atoms with E-state index >= 15 is 0 Å². The molecule has 1 N–H and O–H groups in total. The second-order valence-corrected chi connectivity index (χ2v) is 5.52. The standard InChI is InChI=1S/C14H10BrN3O5/c1-8-4-11(17(20)21)2-3-12(8)16-7-9-5-10(15)6-13(14(9)19)18(22)23/h2-7,19H,1H3. The summed E-state index contributed by atoms with van der Waals surface area (Å²) in [6.07, 6.45) is 1.27. The first kappa shape index (κ1) is 16.6. The van der Waals surface area contributed by atoms with Gasteiger partial charge in [0.25, 0.3) is 5.69 Å². The van der Waals surface area contributed by atoms with Crippen LogP contribution in [0.15, 0.2) is 39.8 Å². The van der Waals surface area contributed by atoms with Crippen LogP contribution in [0.2, 0.25) is 0 Å². The summed E-state index contributed by atoms with van der Waals surface area (Å²) in [5, 5.41) is 31.5. The average Bonchev–Trinajstić information content (AvgIpc) is 2.48. The van der Waals surface area contributed by atoms with Crippen LogP contribution >= 0.6 is 15.9 Å². The molecular weight excluding hydrogens is 370 g/mol. The summed E-state index contributed by atoms with van der Waals surface area (Å²) in [7, 11) is 0. The highest BCUT2D eigenvalue weighted by Crippen LogP contribution is 2.33. The van der Waals surface area contributed by atoms with Crippen molar-refractivity contribution in [1.82, 2.24) is 0 Å². The van der Waals surface area contributed by atoms with Crippen LogP contribution in [0.1, 0.15) is 11.1 Å². The quantitative estimate of drug-likeness (QED) is 0.488. The number of phenols is 1. The minimum atomic E-state index is -0.700. The summed E-state index contributed by atoms with van der Waals surface area (Å²) < 4.78 is 0.420. The number of nitro benzene ring substituents is 2. The first-order valence-electron chi connectivity index (χ1n) is 6.25. The molecule has 0 bridgehead atoms. The molecule has 0 atom stereocenters. The third-order valence-corrected chi connectivity index (χ3v) is 3.47. The van der Waals surface area contributed by atoms with Crippen molar-refractivity contribution in [3.05, 3.63) is 66.2 Å². The number of hydrogen-bond donors (Lipinski definition) is 1. The van der Waals surface area contributed by atoms with Crippen LogP contribution in [0.5, 0.6) is 5.75 Å². The number of aryl methyl sites for hydroxylation is 1. The number of phenolic OH excluding ortho intramolecular Hbond substituents is 1. The van der Waals surface area contributed by atoms with E-state index in [0.717, 1.165) is 0 Å². The van der Waals surface area contributed by atoms with E-state index in [1.165, 1.54) is 36.5 Å². The SMILES string of the molecule is Cc1cc([N+](=O)[O-])ccc1N=Cc1cc(Br)cc([N+](=O)[O-])c1O. The Morgan fingerprint density at radius 3 is 2.43 bits per heavy atom. The Kier molecular flexibility index (Phi) is 4.70. The predicted octanol–water partition coefficient (Wildman–Crippen LogP) is 4.03. The number of benzene rings is 2. The zero-order chi connectivity index (χ0) is 17.1. The number of aromatic hydroxyl groups is 1. The normalized spacial score (nSPS) is 10.9. The van der Waals surface area contributed by atoms with Crippen LogP contribution in [0, 0.1) is 27.2 Å². The van der Waals surface area contributed by atoms with Crippen molar-refractivity contribution >= 4 is 39.2 Å². The van der Waals surface area contributed by atoms with Crippen LogP contribution in [0.25, 0.3) is 0 Å². The fourth-order valence-electron chi connectivity index (χ4n) is 1.88. The molecule has 9 heteroatoms. The Bertz CT molecular complexity index is 835. The van der Waals surface area contributed by atoms with Gasteiger partial charge in [-0.1, -0.05) is 15.9 Å². The Hall–Kier alpha value is -2.81. The fraction of sp³-hybridized carbons (Fsp3) is 0.0714. The lowest BCUT2D eigenvalue weighted by Crippen LogP contribution is -1.93. The molecule has 23 heavy (non-hydrogen) atoms. The maximum atomic E-state index is 10.9. The minimum absolute atomic E-state index is 0.0533. The maximum Gasteiger partial charge on any atom is 0.312 e. The molecule has 0 radical (unpaired) electrons. The van der Waals surface area contributed by atoms with Crippen LogP contribution in [-0.2, 0) is 0 Å². The topological polar surface area (TPSA) is 119 Å². The lowest BCUT2D eigenvalue weighted by molar-refractivity contribution is -0.386. The Labute approximate surface area is 138 Å². The van der Waals surface area contributed by atoms with Gasteiger partial charge in [0.15, 0.2) is 0 Å². The lowest BCUT2D eigenvalue weighted by atomic mass is 10.1. The summed E-state index contributed by atoms with van der Waals surface area (Å²) in [4.78, 5) is 24.5. The molecule has 118 valence electrons. The lowest BCUT2D eigenvalue weighted by Gasteiger charge is -2.03. The van der Waals surface area contributed by atoms with E-state index in [1.54, 1.807) is 6.92 Å². The number of rotatable bonds is 4. The average molecular weight is 380 g/mol. The van der Waals surface area contributed by atoms with E-state index in [0.29, 0.717) is 15.7 Å². The van der Waals surface area contributed by atoms with Gasteiger partial charge in [-0.3, -0.25) is 25.2 Å². The van der Waals surface area contributed by atoms with Crippen molar-refractivity contribution in [3.8, 4) is 5.75 Å². The molecule has 0 aromatic heterocycles. The van der Waals surface area contributed by atoms with E-state index in [4.69, 9.17) is 0 Å². The van der Waals surface area contributed by atoms with Crippen LogP contribution < -0.4 is 0 Å². The molecule has 8 nitrogen and oxygen atoms in total. The van der Waals surface area contributed by atoms with Gasteiger partial charge in [0.05, 0.1) is 15.5 Å². The molecule has 2 rings (SSSR count). The second kappa shape index (κ2) is 6.53. The molecule has 0 aliphatic rings. The van der Waals surface area contributed by atoms with Gasteiger partial charge in [-0.05, 0) is 24.6 Å². The highest BCUT2D eigenvalue weighted by molar-refractivity contribution is 9.10. The van der Waals surface area contributed by atoms with E-state index < -0.39 is 21.3 Å². The number of aliphatic imine (C=N–C) groups is 1. The predicted molar refractivity (Wildman–Crippen MR) is 87.5 cm³/mol. The summed E-state index contributed by atoms with van der Waals surface area (Å²) in [6, 6.07) is 6.81. The van der Waals surface area contributed by atoms with Crippen molar-refractivity contribution < 1.29 is 15.0 Å². The molecule has 0 aliphatic heterocycles. The zero-order valence-electron chi connectivity index (χ0n) is 11.8. The monoisotopic (exact) mass is 379 g/mol. The Balaban J connectivity index is 2.41. The van der Waals surface area contributed by atoms with Crippen molar-refractivity contribution in [2.45, 2.75) is 6.92 Å². The second-order valence-electron chi connectivity index (χ2n) is 4.61. The van der Waals surface area contributed by atoms with Gasteiger partial charge in [-0.2, -0.15) is 0 Å². The summed E-state index contributed by atoms with van der Waals surface area (Å²) in [6.45, 7) is 1.66. The summed E-state index contributed by atoms with van der Waals surface area (Å²) >= 11 is 3.13. The molecule has 2 aromatic carbocycles. The third kappa shape index (κ3) is 3.69. The van der Waals surface area contributed by atoms with Gasteiger partial charge in [-0.25, -0.2) is 0 Å². The summed E-state index contributed by atoms with van der Waals surface area (Å²) in [5.41, 5.74) is 0.685. The molecule has 0 heterocycles. The zero-order valence-corrected chi connectivity index (χ0v) is 13.3. The first-order chi connectivity index (χ1) is 10.8. The molecule has 0 saturated carbocycles. The maximum absolute atomic E-state index is 10.9. The first-order valence-corrected chi connectivity index (χ1v) is 7.05. The van der Waals surface area contributed by atoms with Crippen molar-refractivity contribution in [2.75, 3.05) is 0 Å².